The van der Waals surface area contributed by atoms with Crippen LogP contribution in [0.2, 0.25) is 0 Å². The van der Waals surface area contributed by atoms with Crippen LogP contribution in [0.25, 0.3) is 10.9 Å². The molecule has 6 nitrogen and oxygen atoms in total. The summed E-state index contributed by atoms with van der Waals surface area (Å²) in [6.45, 7) is 1.97. The molecule has 0 aliphatic heterocycles. The van der Waals surface area contributed by atoms with Crippen LogP contribution < -0.4 is 19.5 Å². The van der Waals surface area contributed by atoms with Gasteiger partial charge in [0.25, 0.3) is 5.91 Å². The van der Waals surface area contributed by atoms with E-state index in [4.69, 9.17) is 14.2 Å². The summed E-state index contributed by atoms with van der Waals surface area (Å²) in [6, 6.07) is 14.8. The maximum Gasteiger partial charge on any atom is 0.262 e. The molecule has 28 heavy (non-hydrogen) atoms. The van der Waals surface area contributed by atoms with Crippen molar-refractivity contribution in [1.29, 1.82) is 0 Å². The summed E-state index contributed by atoms with van der Waals surface area (Å²) in [4.78, 5) is 17.1. The normalized spacial score (nSPS) is 10.5. The van der Waals surface area contributed by atoms with Crippen LogP contribution in [0.1, 0.15) is 19.0 Å². The molecule has 0 spiro atoms. The van der Waals surface area contributed by atoms with Crippen molar-refractivity contribution in [2.75, 3.05) is 26.1 Å². The molecule has 0 fully saturated rings. The third-order valence-corrected chi connectivity index (χ3v) is 4.28. The maximum absolute atomic E-state index is 12.4. The molecular formula is C22H24N2O4. The Labute approximate surface area is 164 Å². The first-order valence-electron chi connectivity index (χ1n) is 9.18. The lowest BCUT2D eigenvalue weighted by molar-refractivity contribution is -0.118. The number of pyridine rings is 1. The van der Waals surface area contributed by atoms with Crippen LogP contribution >= 0.6 is 0 Å². The Hall–Kier alpha value is -3.28. The number of methoxy groups -OCH3 is 2. The zero-order chi connectivity index (χ0) is 19.9. The van der Waals surface area contributed by atoms with Gasteiger partial charge in [0.2, 0.25) is 0 Å². The molecule has 0 bridgehead atoms. The molecule has 1 heterocycles. The van der Waals surface area contributed by atoms with Crippen LogP contribution in [0.4, 0.5) is 5.69 Å². The molecule has 0 aliphatic rings. The molecular weight excluding hydrogens is 356 g/mol. The number of carbonyl (C=O) groups is 1. The highest BCUT2D eigenvalue weighted by atomic mass is 16.5. The Morgan fingerprint density at radius 3 is 2.61 bits per heavy atom. The van der Waals surface area contributed by atoms with E-state index in [0.717, 1.165) is 29.4 Å². The van der Waals surface area contributed by atoms with E-state index in [2.05, 4.69) is 17.2 Å². The number of ether oxygens (including phenoxy) is 3. The van der Waals surface area contributed by atoms with Crippen molar-refractivity contribution < 1.29 is 19.0 Å². The number of nitrogens with one attached hydrogen (secondary N) is 1. The summed E-state index contributed by atoms with van der Waals surface area (Å²) in [7, 11) is 3.18. The molecule has 6 heteroatoms. The van der Waals surface area contributed by atoms with Crippen LogP contribution in [0, 0.1) is 0 Å². The molecule has 0 atom stereocenters. The van der Waals surface area contributed by atoms with E-state index >= 15 is 0 Å². The van der Waals surface area contributed by atoms with Gasteiger partial charge < -0.3 is 19.5 Å². The quantitative estimate of drug-likeness (QED) is 0.634. The van der Waals surface area contributed by atoms with Crippen LogP contribution in [0.5, 0.6) is 17.2 Å². The van der Waals surface area contributed by atoms with Crippen molar-refractivity contribution in [1.82, 2.24) is 4.98 Å². The molecule has 0 unspecified atom stereocenters. The first-order chi connectivity index (χ1) is 13.6. The van der Waals surface area contributed by atoms with Crippen molar-refractivity contribution in [3.8, 4) is 17.2 Å². The first kappa shape index (κ1) is 19.5. The fourth-order valence-electron chi connectivity index (χ4n) is 2.93. The summed E-state index contributed by atoms with van der Waals surface area (Å²) in [5.74, 6) is 1.65. The molecule has 0 saturated heterocycles. The van der Waals surface area contributed by atoms with Crippen LogP contribution in [-0.4, -0.2) is 31.7 Å². The predicted molar refractivity (Wildman–Crippen MR) is 109 cm³/mol. The molecule has 0 aliphatic carbocycles. The topological polar surface area (TPSA) is 69.7 Å². The van der Waals surface area contributed by atoms with Gasteiger partial charge in [-0.15, -0.1) is 0 Å². The van der Waals surface area contributed by atoms with Gasteiger partial charge >= 0.3 is 0 Å². The molecule has 0 saturated carbocycles. The van der Waals surface area contributed by atoms with E-state index in [9.17, 15) is 4.79 Å². The number of benzene rings is 2. The van der Waals surface area contributed by atoms with Crippen molar-refractivity contribution >= 4 is 22.5 Å². The Kier molecular flexibility index (Phi) is 6.32. The second-order valence-corrected chi connectivity index (χ2v) is 6.28. The summed E-state index contributed by atoms with van der Waals surface area (Å²) < 4.78 is 16.4. The molecule has 3 rings (SSSR count). The monoisotopic (exact) mass is 380 g/mol. The number of aromatic nitrogens is 1. The third kappa shape index (κ3) is 4.52. The number of amides is 1. The highest BCUT2D eigenvalue weighted by molar-refractivity contribution is 5.94. The van der Waals surface area contributed by atoms with Gasteiger partial charge in [0.1, 0.15) is 17.2 Å². The van der Waals surface area contributed by atoms with E-state index in [1.807, 2.05) is 36.4 Å². The molecule has 2 aromatic carbocycles. The van der Waals surface area contributed by atoms with Gasteiger partial charge in [-0.1, -0.05) is 25.5 Å². The van der Waals surface area contributed by atoms with E-state index in [-0.39, 0.29) is 12.5 Å². The van der Waals surface area contributed by atoms with Gasteiger partial charge in [-0.2, -0.15) is 0 Å². The van der Waals surface area contributed by atoms with Crippen molar-refractivity contribution in [3.63, 3.8) is 0 Å². The fraction of sp³-hybridized carbons (Fsp3) is 0.273. The van der Waals surface area contributed by atoms with Crippen molar-refractivity contribution in [2.45, 2.75) is 19.8 Å². The van der Waals surface area contributed by atoms with Crippen LogP contribution in [0.3, 0.4) is 0 Å². The fourth-order valence-corrected chi connectivity index (χ4v) is 2.93. The minimum Gasteiger partial charge on any atom is -0.497 e. The number of hydrogen-bond donors (Lipinski definition) is 1. The highest BCUT2D eigenvalue weighted by Crippen LogP contribution is 2.30. The molecule has 0 radical (unpaired) electrons. The number of anilines is 1. The number of carbonyl (C=O) groups excluding carboxylic acids is 1. The lowest BCUT2D eigenvalue weighted by Crippen LogP contribution is -2.20. The number of aryl methyl sites for hydroxylation is 1. The number of nitrogens with zero attached hydrogens (tertiary/aromatic N) is 1. The molecule has 3 aromatic rings. The van der Waals surface area contributed by atoms with Crippen LogP contribution in [-0.2, 0) is 11.2 Å². The summed E-state index contributed by atoms with van der Waals surface area (Å²) in [5.41, 5.74) is 2.35. The van der Waals surface area contributed by atoms with Gasteiger partial charge in [0.15, 0.2) is 6.61 Å². The minimum absolute atomic E-state index is 0.125. The first-order valence-corrected chi connectivity index (χ1v) is 9.18. The molecule has 1 aromatic heterocycles. The van der Waals surface area contributed by atoms with Gasteiger partial charge in [0, 0.05) is 17.1 Å². The zero-order valence-corrected chi connectivity index (χ0v) is 16.3. The maximum atomic E-state index is 12.4. The molecule has 146 valence electrons. The Bertz CT molecular complexity index is 972. The smallest absolute Gasteiger partial charge is 0.262 e. The summed E-state index contributed by atoms with van der Waals surface area (Å²) >= 11 is 0. The van der Waals surface area contributed by atoms with Crippen molar-refractivity contribution in [3.05, 3.63) is 54.2 Å². The lowest BCUT2D eigenvalue weighted by atomic mass is 10.1. The van der Waals surface area contributed by atoms with Gasteiger partial charge in [-0.3, -0.25) is 9.78 Å². The van der Waals surface area contributed by atoms with E-state index in [1.165, 1.54) is 0 Å². The molecule has 1 N–H and O–H groups in total. The molecule has 1 amide bonds. The second-order valence-electron chi connectivity index (χ2n) is 6.28. The Morgan fingerprint density at radius 1 is 1.04 bits per heavy atom. The second kappa shape index (κ2) is 9.08. The number of rotatable bonds is 8. The van der Waals surface area contributed by atoms with E-state index in [0.29, 0.717) is 22.9 Å². The number of fused-ring (bicyclic) bond motifs is 1. The number of hydrogen-bond acceptors (Lipinski definition) is 5. The van der Waals surface area contributed by atoms with E-state index < -0.39 is 0 Å². The largest absolute Gasteiger partial charge is 0.497 e. The SMILES string of the molecule is CCCc1cc(OCC(=O)Nc2ccccc2OC)c2cc(OC)ccc2n1. The predicted octanol–water partition coefficient (Wildman–Crippen LogP) is 4.22. The van der Waals surface area contributed by atoms with Gasteiger partial charge in [0.05, 0.1) is 25.4 Å². The standard InChI is InChI=1S/C22H24N2O4/c1-4-7-15-12-21(17-13-16(26-2)10-11-18(17)23-15)28-14-22(25)24-19-8-5-6-9-20(19)27-3/h5-6,8-13H,4,7,14H2,1-3H3,(H,24,25). The minimum atomic E-state index is -0.269. The van der Waals surface area contributed by atoms with Gasteiger partial charge in [-0.05, 0) is 36.8 Å². The number of para-hydroxylation sites is 2. The third-order valence-electron chi connectivity index (χ3n) is 4.28. The summed E-state index contributed by atoms with van der Waals surface area (Å²) in [5, 5.41) is 3.62. The van der Waals surface area contributed by atoms with Crippen LogP contribution in [0.15, 0.2) is 48.5 Å². The Balaban J connectivity index is 1.81. The highest BCUT2D eigenvalue weighted by Gasteiger charge is 2.12. The van der Waals surface area contributed by atoms with Crippen molar-refractivity contribution in [2.24, 2.45) is 0 Å². The zero-order valence-electron chi connectivity index (χ0n) is 16.3. The van der Waals surface area contributed by atoms with Gasteiger partial charge in [-0.25, -0.2) is 0 Å². The average Bonchev–Trinajstić information content (AvgIpc) is 2.72. The summed E-state index contributed by atoms with van der Waals surface area (Å²) in [6.07, 6.45) is 1.81. The Morgan fingerprint density at radius 2 is 1.86 bits per heavy atom. The van der Waals surface area contributed by atoms with E-state index in [1.54, 1.807) is 26.4 Å². The lowest BCUT2D eigenvalue weighted by Gasteiger charge is -2.13. The average molecular weight is 380 g/mol.